The van der Waals surface area contributed by atoms with E-state index >= 15 is 0 Å². The number of fused-ring (bicyclic) bond motifs is 1. The highest BCUT2D eigenvalue weighted by Gasteiger charge is 2.43. The van der Waals surface area contributed by atoms with Gasteiger partial charge in [0.1, 0.15) is 6.10 Å². The third kappa shape index (κ3) is 1.77. The fourth-order valence-corrected chi connectivity index (χ4v) is 3.24. The van der Waals surface area contributed by atoms with Crippen molar-refractivity contribution in [1.82, 2.24) is 4.90 Å². The van der Waals surface area contributed by atoms with E-state index < -0.39 is 0 Å². The van der Waals surface area contributed by atoms with Crippen LogP contribution in [-0.4, -0.2) is 36.1 Å². The highest BCUT2D eigenvalue weighted by Crippen LogP contribution is 2.35. The van der Waals surface area contributed by atoms with Gasteiger partial charge in [-0.3, -0.25) is 9.69 Å². The lowest BCUT2D eigenvalue weighted by molar-refractivity contribution is -0.140. The van der Waals surface area contributed by atoms with E-state index in [0.717, 1.165) is 0 Å². The molecule has 0 bridgehead atoms. The van der Waals surface area contributed by atoms with Crippen molar-refractivity contribution in [3.05, 3.63) is 12.2 Å². The van der Waals surface area contributed by atoms with Crippen LogP contribution in [0.15, 0.2) is 12.2 Å². The van der Waals surface area contributed by atoms with E-state index in [2.05, 4.69) is 17.1 Å². The average Bonchev–Trinajstić information content (AvgIpc) is 2.68. The molecule has 3 rings (SSSR count). The van der Waals surface area contributed by atoms with Crippen LogP contribution < -0.4 is 0 Å². The van der Waals surface area contributed by atoms with Crippen molar-refractivity contribution in [2.75, 3.05) is 13.1 Å². The lowest BCUT2D eigenvalue weighted by Gasteiger charge is -2.29. The quantitative estimate of drug-likeness (QED) is 0.499. The molecule has 3 aliphatic rings. The molecule has 0 aromatic heterocycles. The minimum absolute atomic E-state index is 0.0147. The van der Waals surface area contributed by atoms with Gasteiger partial charge in [-0.25, -0.2) is 0 Å². The predicted octanol–water partition coefficient (Wildman–Crippen LogP) is 1.73. The zero-order chi connectivity index (χ0) is 11.0. The molecule has 88 valence electrons. The van der Waals surface area contributed by atoms with E-state index in [0.29, 0.717) is 18.4 Å². The molecule has 0 N–H and O–H groups in total. The van der Waals surface area contributed by atoms with Crippen molar-refractivity contribution >= 4 is 5.97 Å². The number of likely N-dealkylation sites (tertiary alicyclic amines) is 1. The van der Waals surface area contributed by atoms with Crippen molar-refractivity contribution in [2.24, 2.45) is 5.92 Å². The molecule has 0 aromatic rings. The summed E-state index contributed by atoms with van der Waals surface area (Å²) in [7, 11) is 0. The molecule has 0 aromatic carbocycles. The molecule has 16 heavy (non-hydrogen) atoms. The summed E-state index contributed by atoms with van der Waals surface area (Å²) < 4.78 is 5.29. The summed E-state index contributed by atoms with van der Waals surface area (Å²) in [6, 6.07) is 0.453. The normalized spacial score (nSPS) is 39.5. The Bertz CT molecular complexity index is 305. The minimum Gasteiger partial charge on any atom is -0.458 e. The van der Waals surface area contributed by atoms with Crippen LogP contribution >= 0.6 is 0 Å². The molecule has 0 saturated carbocycles. The summed E-state index contributed by atoms with van der Waals surface area (Å²) in [5.74, 6) is 0.379. The Morgan fingerprint density at radius 1 is 1.12 bits per heavy atom. The van der Waals surface area contributed by atoms with Crippen LogP contribution in [0, 0.1) is 5.92 Å². The molecule has 3 nitrogen and oxygen atoms in total. The van der Waals surface area contributed by atoms with E-state index in [1.807, 2.05) is 0 Å². The van der Waals surface area contributed by atoms with Gasteiger partial charge >= 0.3 is 5.97 Å². The monoisotopic (exact) mass is 221 g/mol. The van der Waals surface area contributed by atoms with Gasteiger partial charge in [0.15, 0.2) is 0 Å². The molecule has 0 radical (unpaired) electrons. The average molecular weight is 221 g/mol. The van der Waals surface area contributed by atoms with Crippen LogP contribution in [0.25, 0.3) is 0 Å². The Balaban J connectivity index is 1.70. The largest absolute Gasteiger partial charge is 0.458 e. The third-order valence-corrected chi connectivity index (χ3v) is 4.09. The van der Waals surface area contributed by atoms with Crippen molar-refractivity contribution in [1.29, 1.82) is 0 Å². The minimum atomic E-state index is -0.0147. The molecule has 2 aliphatic heterocycles. The Hall–Kier alpha value is -0.830. The maximum absolute atomic E-state index is 11.3. The standard InChI is InChI=1S/C13H19NO2/c15-13-9-10-11(5-6-12(10)16-13)14-7-3-1-2-4-8-14/h5-6,10-12H,1-4,7-9H2/t10-,11+,12+/m0/s1. The lowest BCUT2D eigenvalue weighted by Crippen LogP contribution is -2.39. The molecular formula is C13H19NO2. The number of nitrogens with zero attached hydrogens (tertiary/aromatic N) is 1. The SMILES string of the molecule is O=C1C[C@H]2[C@H](N3CCCCCC3)C=C[C@H]2O1. The summed E-state index contributed by atoms with van der Waals surface area (Å²) in [4.78, 5) is 13.8. The maximum Gasteiger partial charge on any atom is 0.306 e. The first-order valence-corrected chi connectivity index (χ1v) is 6.46. The molecule has 1 aliphatic carbocycles. The molecular weight excluding hydrogens is 202 g/mol. The summed E-state index contributed by atoms with van der Waals surface area (Å²) in [6.07, 6.45) is 10.3. The van der Waals surface area contributed by atoms with E-state index in [9.17, 15) is 4.79 Å². The Kier molecular flexibility index (Phi) is 2.72. The van der Waals surface area contributed by atoms with E-state index in [1.54, 1.807) is 0 Å². The molecule has 2 fully saturated rings. The second-order valence-electron chi connectivity index (χ2n) is 5.15. The van der Waals surface area contributed by atoms with Gasteiger partial charge in [0.05, 0.1) is 6.42 Å². The number of carbonyl (C=O) groups excluding carboxylic acids is 1. The van der Waals surface area contributed by atoms with Crippen LogP contribution in [0.5, 0.6) is 0 Å². The summed E-state index contributed by atoms with van der Waals surface area (Å²) >= 11 is 0. The highest BCUT2D eigenvalue weighted by atomic mass is 16.5. The molecule has 0 unspecified atom stereocenters. The van der Waals surface area contributed by atoms with Gasteiger partial charge in [0.2, 0.25) is 0 Å². The number of carbonyl (C=O) groups is 1. The van der Waals surface area contributed by atoms with E-state index in [4.69, 9.17) is 4.74 Å². The number of ether oxygens (including phenoxy) is 1. The molecule has 3 heteroatoms. The zero-order valence-corrected chi connectivity index (χ0v) is 9.60. The lowest BCUT2D eigenvalue weighted by atomic mass is 9.97. The number of esters is 1. The summed E-state index contributed by atoms with van der Waals surface area (Å²) in [6.45, 7) is 2.37. The van der Waals surface area contributed by atoms with Crippen LogP contribution in [0.4, 0.5) is 0 Å². The molecule has 2 saturated heterocycles. The maximum atomic E-state index is 11.3. The van der Waals surface area contributed by atoms with Crippen molar-refractivity contribution in [3.63, 3.8) is 0 Å². The highest BCUT2D eigenvalue weighted by molar-refractivity contribution is 5.73. The van der Waals surface area contributed by atoms with Crippen molar-refractivity contribution in [2.45, 2.75) is 44.2 Å². The first-order chi connectivity index (χ1) is 7.84. The number of hydrogen-bond donors (Lipinski definition) is 0. The van der Waals surface area contributed by atoms with Crippen LogP contribution in [-0.2, 0) is 9.53 Å². The van der Waals surface area contributed by atoms with Gasteiger partial charge in [0.25, 0.3) is 0 Å². The molecule has 0 spiro atoms. The van der Waals surface area contributed by atoms with Crippen molar-refractivity contribution in [3.8, 4) is 0 Å². The number of hydrogen-bond acceptors (Lipinski definition) is 3. The van der Waals surface area contributed by atoms with Gasteiger partial charge < -0.3 is 4.74 Å². The molecule has 0 amide bonds. The third-order valence-electron chi connectivity index (χ3n) is 4.09. The summed E-state index contributed by atoms with van der Waals surface area (Å²) in [5.41, 5.74) is 0. The van der Waals surface area contributed by atoms with Crippen LogP contribution in [0.3, 0.4) is 0 Å². The summed E-state index contributed by atoms with van der Waals surface area (Å²) in [5, 5.41) is 0. The Morgan fingerprint density at radius 3 is 2.62 bits per heavy atom. The van der Waals surface area contributed by atoms with E-state index in [1.165, 1.54) is 38.8 Å². The van der Waals surface area contributed by atoms with Gasteiger partial charge in [-0.1, -0.05) is 18.9 Å². The second kappa shape index (κ2) is 4.21. The van der Waals surface area contributed by atoms with Crippen molar-refractivity contribution < 1.29 is 9.53 Å². The second-order valence-corrected chi connectivity index (χ2v) is 5.15. The fraction of sp³-hybridized carbons (Fsp3) is 0.769. The number of rotatable bonds is 1. The first-order valence-electron chi connectivity index (χ1n) is 6.46. The van der Waals surface area contributed by atoms with Crippen LogP contribution in [0.2, 0.25) is 0 Å². The smallest absolute Gasteiger partial charge is 0.306 e. The van der Waals surface area contributed by atoms with E-state index in [-0.39, 0.29) is 12.1 Å². The Morgan fingerprint density at radius 2 is 1.88 bits per heavy atom. The fourth-order valence-electron chi connectivity index (χ4n) is 3.24. The molecule has 3 atom stereocenters. The van der Waals surface area contributed by atoms with Gasteiger partial charge in [0, 0.05) is 12.0 Å². The molecule has 2 heterocycles. The first kappa shape index (κ1) is 10.3. The zero-order valence-electron chi connectivity index (χ0n) is 9.60. The van der Waals surface area contributed by atoms with Crippen LogP contribution in [0.1, 0.15) is 32.1 Å². The predicted molar refractivity (Wildman–Crippen MR) is 61.0 cm³/mol. The van der Waals surface area contributed by atoms with Gasteiger partial charge in [-0.05, 0) is 32.0 Å². The van der Waals surface area contributed by atoms with Gasteiger partial charge in [-0.2, -0.15) is 0 Å². The Labute approximate surface area is 96.4 Å². The van der Waals surface area contributed by atoms with Gasteiger partial charge in [-0.15, -0.1) is 0 Å². The topological polar surface area (TPSA) is 29.5 Å².